The average Bonchev–Trinajstić information content (AvgIpc) is 2.36. The summed E-state index contributed by atoms with van der Waals surface area (Å²) in [6.45, 7) is 2.62. The fourth-order valence-electron chi connectivity index (χ4n) is 1.13. The van der Waals surface area contributed by atoms with Crippen LogP contribution in [0, 0.1) is 0 Å². The Balaban J connectivity index is 0.000000459. The minimum atomic E-state index is -1.05. The van der Waals surface area contributed by atoms with Crippen LogP contribution in [-0.4, -0.2) is 24.2 Å². The number of rotatable bonds is 6. The number of benzene rings is 1. The van der Waals surface area contributed by atoms with E-state index in [1.165, 1.54) is 31.4 Å². The minimum absolute atomic E-state index is 0.300. The van der Waals surface area contributed by atoms with Gasteiger partial charge in [0.25, 0.3) is 0 Å². The third-order valence-corrected chi connectivity index (χ3v) is 2.58. The van der Waals surface area contributed by atoms with Crippen molar-refractivity contribution < 1.29 is 14.6 Å². The van der Waals surface area contributed by atoms with Gasteiger partial charge in [0.1, 0.15) is 5.75 Å². The van der Waals surface area contributed by atoms with Crippen LogP contribution in [0.4, 0.5) is 0 Å². The van der Waals surface area contributed by atoms with Crippen LogP contribution in [0.1, 0.15) is 26.2 Å². The van der Waals surface area contributed by atoms with Crippen LogP contribution in [0.15, 0.2) is 18.2 Å². The monoisotopic (exact) mass is 307 g/mol. The van der Waals surface area contributed by atoms with Gasteiger partial charge in [-0.1, -0.05) is 43.0 Å². The predicted octanol–water partition coefficient (Wildman–Crippen LogP) is 3.59. The number of unbranched alkanes of at least 4 members (excludes halogenated alkanes) is 2. The number of halogens is 2. The first kappa shape index (κ1) is 18.0. The summed E-state index contributed by atoms with van der Waals surface area (Å²) in [7, 11) is 0. The Bertz CT molecular complexity index is 382. The molecular formula is C13H19Cl2NO3. The van der Waals surface area contributed by atoms with Gasteiger partial charge in [0.2, 0.25) is 0 Å². The van der Waals surface area contributed by atoms with Crippen molar-refractivity contribution in [1.82, 2.24) is 0 Å². The largest absolute Gasteiger partial charge is 0.480 e. The molecule has 108 valence electrons. The van der Waals surface area contributed by atoms with Gasteiger partial charge in [-0.25, -0.2) is 4.79 Å². The first-order chi connectivity index (χ1) is 9.01. The summed E-state index contributed by atoms with van der Waals surface area (Å²) >= 11 is 11.3. The quantitative estimate of drug-likeness (QED) is 0.788. The molecule has 0 saturated heterocycles. The lowest BCUT2D eigenvalue weighted by Crippen LogP contribution is -2.09. The Kier molecular flexibility index (Phi) is 10.4. The lowest BCUT2D eigenvalue weighted by Gasteiger charge is -2.04. The molecule has 0 radical (unpaired) electrons. The first-order valence-electron chi connectivity index (χ1n) is 6.01. The van der Waals surface area contributed by atoms with E-state index in [1.54, 1.807) is 6.07 Å². The second-order valence-corrected chi connectivity index (χ2v) is 4.60. The average molecular weight is 308 g/mol. The fourth-order valence-corrected chi connectivity index (χ4v) is 1.59. The smallest absolute Gasteiger partial charge is 0.341 e. The summed E-state index contributed by atoms with van der Waals surface area (Å²) in [5, 5.41) is 9.11. The second kappa shape index (κ2) is 10.9. The van der Waals surface area contributed by atoms with E-state index in [9.17, 15) is 4.79 Å². The molecule has 1 aromatic rings. The van der Waals surface area contributed by atoms with Crippen molar-refractivity contribution in [2.45, 2.75) is 26.2 Å². The summed E-state index contributed by atoms with van der Waals surface area (Å²) in [6.07, 6.45) is 3.75. The molecule has 0 aliphatic rings. The lowest BCUT2D eigenvalue weighted by atomic mass is 10.3. The number of hydrogen-bond acceptors (Lipinski definition) is 3. The van der Waals surface area contributed by atoms with E-state index in [2.05, 4.69) is 6.92 Å². The molecule has 0 unspecified atom stereocenters. The van der Waals surface area contributed by atoms with Gasteiger partial charge in [-0.2, -0.15) is 0 Å². The maximum atomic E-state index is 10.2. The fraction of sp³-hybridized carbons (Fsp3) is 0.462. The number of carboxylic acid groups (broad SMARTS) is 1. The van der Waals surface area contributed by atoms with Crippen molar-refractivity contribution in [1.29, 1.82) is 0 Å². The number of nitrogens with two attached hydrogens (primary N) is 1. The molecule has 4 nitrogen and oxygen atoms in total. The number of carbonyl (C=O) groups is 1. The number of ether oxygens (including phenoxy) is 1. The summed E-state index contributed by atoms with van der Waals surface area (Å²) in [6, 6.07) is 4.58. The van der Waals surface area contributed by atoms with Crippen molar-refractivity contribution in [3.63, 3.8) is 0 Å². The molecule has 6 heteroatoms. The van der Waals surface area contributed by atoms with Crippen LogP contribution in [0.5, 0.6) is 5.75 Å². The summed E-state index contributed by atoms with van der Waals surface area (Å²) in [5.74, 6) is -0.737. The van der Waals surface area contributed by atoms with E-state index in [0.29, 0.717) is 15.8 Å². The second-order valence-electron chi connectivity index (χ2n) is 3.75. The topological polar surface area (TPSA) is 72.6 Å². The molecule has 19 heavy (non-hydrogen) atoms. The zero-order valence-corrected chi connectivity index (χ0v) is 12.4. The molecule has 0 aliphatic carbocycles. The molecular weight excluding hydrogens is 289 g/mol. The maximum absolute atomic E-state index is 10.2. The molecule has 3 N–H and O–H groups in total. The van der Waals surface area contributed by atoms with E-state index in [-0.39, 0.29) is 0 Å². The summed E-state index contributed by atoms with van der Waals surface area (Å²) in [5.41, 5.74) is 5.21. The molecule has 0 aliphatic heterocycles. The van der Waals surface area contributed by atoms with Crippen LogP contribution in [0.3, 0.4) is 0 Å². The van der Waals surface area contributed by atoms with E-state index >= 15 is 0 Å². The van der Waals surface area contributed by atoms with E-state index in [1.807, 2.05) is 0 Å². The normalized spacial score (nSPS) is 9.47. The lowest BCUT2D eigenvalue weighted by molar-refractivity contribution is -0.139. The van der Waals surface area contributed by atoms with Crippen molar-refractivity contribution in [2.24, 2.45) is 5.73 Å². The Morgan fingerprint density at radius 3 is 2.47 bits per heavy atom. The molecule has 0 spiro atoms. The summed E-state index contributed by atoms with van der Waals surface area (Å²) in [4.78, 5) is 10.2. The van der Waals surface area contributed by atoms with E-state index in [4.69, 9.17) is 38.8 Å². The Labute approximate surface area is 123 Å². The molecule has 0 heterocycles. The van der Waals surface area contributed by atoms with E-state index in [0.717, 1.165) is 6.54 Å². The van der Waals surface area contributed by atoms with Crippen LogP contribution in [0.25, 0.3) is 0 Å². The third-order valence-electron chi connectivity index (χ3n) is 2.05. The Morgan fingerprint density at radius 2 is 2.05 bits per heavy atom. The number of aliphatic carboxylic acids is 1. The molecule has 0 bridgehead atoms. The highest BCUT2D eigenvalue weighted by atomic mass is 35.5. The zero-order chi connectivity index (χ0) is 14.7. The van der Waals surface area contributed by atoms with Gasteiger partial charge >= 0.3 is 5.97 Å². The molecule has 0 amide bonds. The zero-order valence-electron chi connectivity index (χ0n) is 10.9. The number of hydrogen-bond donors (Lipinski definition) is 2. The minimum Gasteiger partial charge on any atom is -0.480 e. The van der Waals surface area contributed by atoms with Crippen molar-refractivity contribution in [3.05, 3.63) is 28.2 Å². The van der Waals surface area contributed by atoms with Crippen LogP contribution in [-0.2, 0) is 4.79 Å². The third kappa shape index (κ3) is 9.59. The van der Waals surface area contributed by atoms with Gasteiger partial charge < -0.3 is 15.6 Å². The SMILES string of the molecule is CCCCCN.O=C(O)COc1ccc(Cl)cc1Cl. The standard InChI is InChI=1S/C8H6Cl2O3.C5H13N/c9-5-1-2-7(6(10)3-5)13-4-8(11)12;1-2-3-4-5-6/h1-3H,4H2,(H,11,12);2-6H2,1H3. The van der Waals surface area contributed by atoms with Gasteiger partial charge in [-0.05, 0) is 31.2 Å². The Morgan fingerprint density at radius 1 is 1.37 bits per heavy atom. The van der Waals surface area contributed by atoms with Crippen LogP contribution in [0.2, 0.25) is 10.0 Å². The Hall–Kier alpha value is -0.970. The summed E-state index contributed by atoms with van der Waals surface area (Å²) < 4.78 is 4.86. The van der Waals surface area contributed by atoms with Gasteiger partial charge in [-0.15, -0.1) is 0 Å². The highest BCUT2D eigenvalue weighted by Gasteiger charge is 2.04. The maximum Gasteiger partial charge on any atom is 0.341 e. The predicted molar refractivity (Wildman–Crippen MR) is 78.2 cm³/mol. The molecule has 0 atom stereocenters. The molecule has 0 aromatic heterocycles. The van der Waals surface area contributed by atoms with Crippen molar-refractivity contribution >= 4 is 29.2 Å². The first-order valence-corrected chi connectivity index (χ1v) is 6.76. The van der Waals surface area contributed by atoms with Crippen LogP contribution < -0.4 is 10.5 Å². The van der Waals surface area contributed by atoms with Gasteiger partial charge in [-0.3, -0.25) is 0 Å². The van der Waals surface area contributed by atoms with Crippen molar-refractivity contribution in [3.8, 4) is 5.75 Å². The van der Waals surface area contributed by atoms with E-state index < -0.39 is 12.6 Å². The van der Waals surface area contributed by atoms with Gasteiger partial charge in [0, 0.05) is 5.02 Å². The highest BCUT2D eigenvalue weighted by Crippen LogP contribution is 2.27. The van der Waals surface area contributed by atoms with Crippen LogP contribution >= 0.6 is 23.2 Å². The number of carboxylic acids is 1. The van der Waals surface area contributed by atoms with Gasteiger partial charge in [0.05, 0.1) is 5.02 Å². The molecule has 1 rings (SSSR count). The van der Waals surface area contributed by atoms with Gasteiger partial charge in [0.15, 0.2) is 6.61 Å². The molecule has 1 aromatic carbocycles. The highest BCUT2D eigenvalue weighted by molar-refractivity contribution is 6.35. The van der Waals surface area contributed by atoms with Crippen molar-refractivity contribution in [2.75, 3.05) is 13.2 Å². The molecule has 0 fully saturated rings. The molecule has 0 saturated carbocycles.